The van der Waals surface area contributed by atoms with Crippen LogP contribution in [-0.4, -0.2) is 42.0 Å². The molecule has 3 aromatic rings. The number of imidazole rings is 1. The van der Waals surface area contributed by atoms with Crippen molar-refractivity contribution < 1.29 is 14.3 Å². The Labute approximate surface area is 192 Å². The lowest BCUT2D eigenvalue weighted by Gasteiger charge is -2.23. The summed E-state index contributed by atoms with van der Waals surface area (Å²) in [6.45, 7) is 2.91. The van der Waals surface area contributed by atoms with Gasteiger partial charge in [-0.2, -0.15) is 0 Å². The fourth-order valence-corrected chi connectivity index (χ4v) is 4.27. The van der Waals surface area contributed by atoms with E-state index in [1.807, 2.05) is 30.0 Å². The maximum atomic E-state index is 13.0. The summed E-state index contributed by atoms with van der Waals surface area (Å²) in [4.78, 5) is 35.1. The van der Waals surface area contributed by atoms with Crippen molar-refractivity contribution in [3.63, 3.8) is 0 Å². The van der Waals surface area contributed by atoms with Crippen LogP contribution in [0, 0.1) is 6.92 Å². The van der Waals surface area contributed by atoms with Gasteiger partial charge in [-0.05, 0) is 61.7 Å². The third-order valence-electron chi connectivity index (χ3n) is 5.75. The van der Waals surface area contributed by atoms with Gasteiger partial charge in [-0.25, -0.2) is 4.98 Å². The number of aromatic amines is 1. The number of hydrogen-bond donors (Lipinski definition) is 2. The topological polar surface area (TPSA) is 87.3 Å². The molecule has 0 radical (unpaired) electrons. The Morgan fingerprint density at radius 3 is 2.88 bits per heavy atom. The molecule has 1 aromatic heterocycles. The van der Waals surface area contributed by atoms with E-state index in [1.165, 1.54) is 0 Å². The highest BCUT2D eigenvalue weighted by atomic mass is 35.5. The predicted octanol–water partition coefficient (Wildman–Crippen LogP) is 4.55. The van der Waals surface area contributed by atoms with Gasteiger partial charge in [0.2, 0.25) is 5.91 Å². The van der Waals surface area contributed by atoms with Gasteiger partial charge in [-0.15, -0.1) is 0 Å². The maximum Gasteiger partial charge on any atom is 0.251 e. The summed E-state index contributed by atoms with van der Waals surface area (Å²) in [6, 6.07) is 10.4. The van der Waals surface area contributed by atoms with Crippen LogP contribution >= 0.6 is 11.6 Å². The number of aromatic nitrogens is 2. The highest BCUT2D eigenvalue weighted by Crippen LogP contribution is 2.26. The van der Waals surface area contributed by atoms with Crippen LogP contribution in [0.5, 0.6) is 0 Å². The molecule has 0 saturated carbocycles. The minimum atomic E-state index is -0.453. The first-order chi connectivity index (χ1) is 15.5. The fraction of sp³-hybridized carbons (Fsp3) is 0.375. The molecule has 1 fully saturated rings. The summed E-state index contributed by atoms with van der Waals surface area (Å²) >= 11 is 6.07. The average molecular weight is 455 g/mol. The Kier molecular flexibility index (Phi) is 6.77. The van der Waals surface area contributed by atoms with Gasteiger partial charge in [-0.3, -0.25) is 9.59 Å². The summed E-state index contributed by atoms with van der Waals surface area (Å²) in [7, 11) is 1.58. The highest BCUT2D eigenvalue weighted by Gasteiger charge is 2.22. The van der Waals surface area contributed by atoms with E-state index in [1.54, 1.807) is 25.3 Å². The second kappa shape index (κ2) is 9.71. The molecular weight excluding hydrogens is 428 g/mol. The van der Waals surface area contributed by atoms with Crippen molar-refractivity contribution in [3.05, 3.63) is 58.4 Å². The van der Waals surface area contributed by atoms with Gasteiger partial charge in [-0.1, -0.05) is 18.0 Å². The molecule has 7 nitrogen and oxygen atoms in total. The lowest BCUT2D eigenvalue weighted by atomic mass is 10.1. The SMILES string of the molecule is COC[C@H](NC(=O)c1ccc(N2CCCCCC2=O)c(C)c1)c1nc2ccc(Cl)cc2[nH]1. The zero-order valence-electron chi connectivity index (χ0n) is 18.3. The van der Waals surface area contributed by atoms with Crippen molar-refractivity contribution in [1.29, 1.82) is 0 Å². The van der Waals surface area contributed by atoms with Crippen molar-refractivity contribution >= 4 is 40.1 Å². The molecule has 2 N–H and O–H groups in total. The van der Waals surface area contributed by atoms with Crippen molar-refractivity contribution in [3.8, 4) is 0 Å². The third-order valence-corrected chi connectivity index (χ3v) is 5.99. The van der Waals surface area contributed by atoms with Gasteiger partial charge in [0.25, 0.3) is 5.91 Å². The second-order valence-corrected chi connectivity index (χ2v) is 8.56. The standard InChI is InChI=1S/C24H27ClN4O3/c1-15-12-16(7-10-21(15)29-11-5-3-4-6-22(29)30)24(31)28-20(14-32-2)23-26-18-9-8-17(25)13-19(18)27-23/h7-10,12-13,20H,3-6,11,14H2,1-2H3,(H,26,27)(H,28,31)/t20-/m0/s1. The minimum absolute atomic E-state index is 0.146. The van der Waals surface area contributed by atoms with E-state index in [2.05, 4.69) is 15.3 Å². The number of halogens is 1. The van der Waals surface area contributed by atoms with E-state index in [-0.39, 0.29) is 18.4 Å². The van der Waals surface area contributed by atoms with Crippen molar-refractivity contribution in [2.24, 2.45) is 0 Å². The fourth-order valence-electron chi connectivity index (χ4n) is 4.10. The Balaban J connectivity index is 1.54. The molecule has 1 saturated heterocycles. The molecule has 4 rings (SSSR count). The number of aryl methyl sites for hydroxylation is 1. The third kappa shape index (κ3) is 4.79. The van der Waals surface area contributed by atoms with E-state index in [9.17, 15) is 9.59 Å². The number of carbonyl (C=O) groups excluding carboxylic acids is 2. The van der Waals surface area contributed by atoms with Crippen LogP contribution in [0.25, 0.3) is 11.0 Å². The zero-order valence-corrected chi connectivity index (χ0v) is 19.0. The summed E-state index contributed by atoms with van der Waals surface area (Å²) in [5.74, 6) is 0.510. The van der Waals surface area contributed by atoms with Gasteiger partial charge in [0.1, 0.15) is 11.9 Å². The molecule has 2 aromatic carbocycles. The molecule has 168 valence electrons. The van der Waals surface area contributed by atoms with E-state index in [0.29, 0.717) is 22.8 Å². The number of amides is 2. The van der Waals surface area contributed by atoms with E-state index in [0.717, 1.165) is 48.1 Å². The van der Waals surface area contributed by atoms with Crippen LogP contribution in [0.2, 0.25) is 5.02 Å². The Hall–Kier alpha value is -2.90. The van der Waals surface area contributed by atoms with Crippen molar-refractivity contribution in [2.45, 2.75) is 38.6 Å². The molecular formula is C24H27ClN4O3. The highest BCUT2D eigenvalue weighted by molar-refractivity contribution is 6.31. The zero-order chi connectivity index (χ0) is 22.7. The normalized spacial score (nSPS) is 15.6. The number of H-pyrrole nitrogens is 1. The number of anilines is 1. The molecule has 2 amide bonds. The smallest absolute Gasteiger partial charge is 0.251 e. The van der Waals surface area contributed by atoms with Crippen molar-refractivity contribution in [1.82, 2.24) is 15.3 Å². The quantitative estimate of drug-likeness (QED) is 0.572. The molecule has 0 bridgehead atoms. The number of benzene rings is 2. The second-order valence-electron chi connectivity index (χ2n) is 8.12. The van der Waals surface area contributed by atoms with E-state index < -0.39 is 6.04 Å². The lowest BCUT2D eigenvalue weighted by molar-refractivity contribution is -0.118. The molecule has 8 heteroatoms. The minimum Gasteiger partial charge on any atom is -0.382 e. The number of hydrogen-bond acceptors (Lipinski definition) is 4. The summed E-state index contributed by atoms with van der Waals surface area (Å²) in [5, 5.41) is 3.61. The Morgan fingerprint density at radius 1 is 1.25 bits per heavy atom. The lowest BCUT2D eigenvalue weighted by Crippen LogP contribution is -2.33. The first-order valence-electron chi connectivity index (χ1n) is 10.8. The monoisotopic (exact) mass is 454 g/mol. The summed E-state index contributed by atoms with van der Waals surface area (Å²) in [5.41, 5.74) is 3.85. The van der Waals surface area contributed by atoms with Gasteiger partial charge in [0.05, 0.1) is 17.6 Å². The number of ether oxygens (including phenoxy) is 1. The molecule has 1 atom stereocenters. The molecule has 2 heterocycles. The van der Waals surface area contributed by atoms with Gasteiger partial charge < -0.3 is 19.9 Å². The number of nitrogens with zero attached hydrogens (tertiary/aromatic N) is 2. The largest absolute Gasteiger partial charge is 0.382 e. The Bertz CT molecular complexity index is 1140. The van der Waals surface area contributed by atoms with Crippen LogP contribution in [-0.2, 0) is 9.53 Å². The molecule has 32 heavy (non-hydrogen) atoms. The Morgan fingerprint density at radius 2 is 2.09 bits per heavy atom. The average Bonchev–Trinajstić information content (AvgIpc) is 3.07. The number of rotatable bonds is 6. The number of nitrogens with one attached hydrogen (secondary N) is 2. The first-order valence-corrected chi connectivity index (χ1v) is 11.2. The number of methoxy groups -OCH3 is 1. The summed E-state index contributed by atoms with van der Waals surface area (Å²) < 4.78 is 5.32. The summed E-state index contributed by atoms with van der Waals surface area (Å²) in [6.07, 6.45) is 3.57. The van der Waals surface area contributed by atoms with Crippen LogP contribution in [0.4, 0.5) is 5.69 Å². The molecule has 1 aliphatic heterocycles. The van der Waals surface area contributed by atoms with Gasteiger partial charge >= 0.3 is 0 Å². The maximum absolute atomic E-state index is 13.0. The predicted molar refractivity (Wildman–Crippen MR) is 125 cm³/mol. The number of carbonyl (C=O) groups is 2. The van der Waals surface area contributed by atoms with Gasteiger partial charge in [0, 0.05) is 36.3 Å². The van der Waals surface area contributed by atoms with Crippen LogP contribution in [0.15, 0.2) is 36.4 Å². The molecule has 1 aliphatic rings. The number of fused-ring (bicyclic) bond motifs is 1. The van der Waals surface area contributed by atoms with Crippen molar-refractivity contribution in [2.75, 3.05) is 25.2 Å². The van der Waals surface area contributed by atoms with E-state index >= 15 is 0 Å². The van der Waals surface area contributed by atoms with Gasteiger partial charge in [0.15, 0.2) is 0 Å². The first kappa shape index (κ1) is 22.3. The molecule has 0 aliphatic carbocycles. The van der Waals surface area contributed by atoms with Crippen LogP contribution in [0.3, 0.4) is 0 Å². The van der Waals surface area contributed by atoms with Crippen LogP contribution in [0.1, 0.15) is 53.5 Å². The molecule has 0 unspecified atom stereocenters. The van der Waals surface area contributed by atoms with Crippen LogP contribution < -0.4 is 10.2 Å². The van der Waals surface area contributed by atoms with E-state index in [4.69, 9.17) is 16.3 Å². The molecule has 0 spiro atoms.